The normalized spacial score (nSPS) is 10.4. The molecule has 0 atom stereocenters. The summed E-state index contributed by atoms with van der Waals surface area (Å²) in [7, 11) is 0. The summed E-state index contributed by atoms with van der Waals surface area (Å²) < 4.78 is 5.33. The highest BCUT2D eigenvalue weighted by Crippen LogP contribution is 2.05. The Morgan fingerprint density at radius 3 is 2.94 bits per heavy atom. The third kappa shape index (κ3) is 3.53. The molecule has 17 heavy (non-hydrogen) atoms. The fourth-order valence-electron chi connectivity index (χ4n) is 1.39. The molecule has 0 amide bonds. The van der Waals surface area contributed by atoms with Gasteiger partial charge in [0.2, 0.25) is 5.89 Å². The molecule has 0 fully saturated rings. The molecule has 0 aliphatic heterocycles. The molecule has 0 radical (unpaired) electrons. The van der Waals surface area contributed by atoms with Gasteiger partial charge in [0.25, 0.3) is 0 Å². The average Bonchev–Trinajstić information content (AvgIpc) is 2.79. The standard InChI is InChI=1S/C11H15N5O/c12-6-4-10-15-16-11(17-10)14-8-5-9-3-1-2-7-13-9/h1-3,7H,4-6,8,12H2,(H,14,16). The lowest BCUT2D eigenvalue weighted by molar-refractivity contribution is 0.506. The predicted molar refractivity (Wildman–Crippen MR) is 63.5 cm³/mol. The predicted octanol–water partition coefficient (Wildman–Crippen LogP) is 0.620. The summed E-state index contributed by atoms with van der Waals surface area (Å²) in [6, 6.07) is 6.28. The number of nitrogens with one attached hydrogen (secondary N) is 1. The van der Waals surface area contributed by atoms with Crippen LogP contribution in [0.15, 0.2) is 28.8 Å². The maximum Gasteiger partial charge on any atom is 0.315 e. The van der Waals surface area contributed by atoms with Gasteiger partial charge in [-0.25, -0.2) is 0 Å². The van der Waals surface area contributed by atoms with Crippen molar-refractivity contribution in [3.05, 3.63) is 36.0 Å². The second-order valence-electron chi connectivity index (χ2n) is 3.54. The van der Waals surface area contributed by atoms with E-state index in [-0.39, 0.29) is 0 Å². The number of nitrogens with zero attached hydrogens (tertiary/aromatic N) is 3. The zero-order chi connectivity index (χ0) is 11.9. The molecule has 2 rings (SSSR count). The molecule has 6 nitrogen and oxygen atoms in total. The van der Waals surface area contributed by atoms with Gasteiger partial charge in [-0.1, -0.05) is 11.2 Å². The van der Waals surface area contributed by atoms with Gasteiger partial charge in [-0.05, 0) is 12.1 Å². The van der Waals surface area contributed by atoms with Crippen molar-refractivity contribution in [1.82, 2.24) is 15.2 Å². The number of rotatable bonds is 6. The summed E-state index contributed by atoms with van der Waals surface area (Å²) in [5.74, 6) is 0.563. The molecule has 0 bridgehead atoms. The number of pyridine rings is 1. The van der Waals surface area contributed by atoms with Crippen LogP contribution < -0.4 is 11.1 Å². The van der Waals surface area contributed by atoms with Gasteiger partial charge in [0.1, 0.15) is 0 Å². The second kappa shape index (κ2) is 5.95. The molecule has 0 aromatic carbocycles. The molecule has 0 saturated carbocycles. The summed E-state index contributed by atoms with van der Waals surface area (Å²) in [6.45, 7) is 1.22. The molecule has 0 aliphatic carbocycles. The lowest BCUT2D eigenvalue weighted by Crippen LogP contribution is -2.06. The van der Waals surface area contributed by atoms with Crippen LogP contribution in [0.3, 0.4) is 0 Å². The summed E-state index contributed by atoms with van der Waals surface area (Å²) in [5.41, 5.74) is 6.42. The van der Waals surface area contributed by atoms with Crippen LogP contribution in [0.1, 0.15) is 11.6 Å². The number of hydrogen-bond donors (Lipinski definition) is 2. The minimum Gasteiger partial charge on any atom is -0.408 e. The number of aromatic nitrogens is 3. The smallest absolute Gasteiger partial charge is 0.315 e. The van der Waals surface area contributed by atoms with Crippen molar-refractivity contribution in [3.63, 3.8) is 0 Å². The van der Waals surface area contributed by atoms with Gasteiger partial charge < -0.3 is 15.5 Å². The first-order valence-electron chi connectivity index (χ1n) is 5.54. The minimum absolute atomic E-state index is 0.435. The van der Waals surface area contributed by atoms with E-state index in [1.165, 1.54) is 0 Å². The fraction of sp³-hybridized carbons (Fsp3) is 0.364. The molecule has 0 unspecified atom stereocenters. The van der Waals surface area contributed by atoms with Crippen molar-refractivity contribution < 1.29 is 4.42 Å². The van der Waals surface area contributed by atoms with Crippen molar-refractivity contribution in [2.75, 3.05) is 18.4 Å². The average molecular weight is 233 g/mol. The van der Waals surface area contributed by atoms with Crippen molar-refractivity contribution in [1.29, 1.82) is 0 Å². The van der Waals surface area contributed by atoms with Gasteiger partial charge in [0.15, 0.2) is 0 Å². The fourth-order valence-corrected chi connectivity index (χ4v) is 1.39. The summed E-state index contributed by atoms with van der Waals surface area (Å²) in [5, 5.41) is 10.8. The Kier molecular flexibility index (Phi) is 4.04. The van der Waals surface area contributed by atoms with E-state index in [2.05, 4.69) is 20.5 Å². The molecule has 2 aromatic heterocycles. The molecule has 6 heteroatoms. The first-order valence-corrected chi connectivity index (χ1v) is 5.54. The van der Waals surface area contributed by atoms with Gasteiger partial charge in [0.05, 0.1) is 0 Å². The Bertz CT molecular complexity index is 442. The van der Waals surface area contributed by atoms with Crippen molar-refractivity contribution >= 4 is 6.01 Å². The van der Waals surface area contributed by atoms with Gasteiger partial charge in [-0.3, -0.25) is 4.98 Å². The molecule has 0 saturated heterocycles. The summed E-state index contributed by atoms with van der Waals surface area (Å²) in [4.78, 5) is 4.22. The van der Waals surface area contributed by atoms with E-state index >= 15 is 0 Å². The van der Waals surface area contributed by atoms with Crippen molar-refractivity contribution in [3.8, 4) is 0 Å². The van der Waals surface area contributed by atoms with Crippen LogP contribution in [-0.4, -0.2) is 28.3 Å². The van der Waals surface area contributed by atoms with E-state index in [1.54, 1.807) is 6.20 Å². The highest BCUT2D eigenvalue weighted by molar-refractivity contribution is 5.17. The van der Waals surface area contributed by atoms with Gasteiger partial charge in [0, 0.05) is 37.8 Å². The zero-order valence-electron chi connectivity index (χ0n) is 9.47. The lowest BCUT2D eigenvalue weighted by Gasteiger charge is -2.00. The minimum atomic E-state index is 0.435. The first kappa shape index (κ1) is 11.5. The van der Waals surface area contributed by atoms with Crippen LogP contribution in [0.4, 0.5) is 6.01 Å². The third-order valence-electron chi connectivity index (χ3n) is 2.21. The van der Waals surface area contributed by atoms with E-state index in [9.17, 15) is 0 Å². The molecule has 90 valence electrons. The van der Waals surface area contributed by atoms with Crippen LogP contribution in [0.5, 0.6) is 0 Å². The lowest BCUT2D eigenvalue weighted by atomic mass is 10.3. The number of anilines is 1. The van der Waals surface area contributed by atoms with Crippen LogP contribution in [-0.2, 0) is 12.8 Å². The quantitative estimate of drug-likeness (QED) is 0.760. The maximum atomic E-state index is 5.39. The monoisotopic (exact) mass is 233 g/mol. The van der Waals surface area contributed by atoms with Gasteiger partial charge >= 0.3 is 6.01 Å². The van der Waals surface area contributed by atoms with E-state index in [0.717, 1.165) is 12.1 Å². The van der Waals surface area contributed by atoms with Crippen LogP contribution in [0.2, 0.25) is 0 Å². The van der Waals surface area contributed by atoms with Gasteiger partial charge in [-0.15, -0.1) is 5.10 Å². The molecular weight excluding hydrogens is 218 g/mol. The van der Waals surface area contributed by atoms with E-state index in [4.69, 9.17) is 10.2 Å². The Labute approximate surface area is 99.3 Å². The highest BCUT2D eigenvalue weighted by Gasteiger charge is 2.03. The third-order valence-corrected chi connectivity index (χ3v) is 2.21. The Balaban J connectivity index is 1.78. The first-order chi connectivity index (χ1) is 8.38. The van der Waals surface area contributed by atoms with E-state index < -0.39 is 0 Å². The SMILES string of the molecule is NCCc1nnc(NCCc2ccccn2)o1. The highest BCUT2D eigenvalue weighted by atomic mass is 16.4. The second-order valence-corrected chi connectivity index (χ2v) is 3.54. The van der Waals surface area contributed by atoms with Gasteiger partial charge in [-0.2, -0.15) is 0 Å². The zero-order valence-corrected chi connectivity index (χ0v) is 9.47. The van der Waals surface area contributed by atoms with E-state index in [0.29, 0.717) is 31.4 Å². The van der Waals surface area contributed by atoms with Crippen molar-refractivity contribution in [2.24, 2.45) is 5.73 Å². The van der Waals surface area contributed by atoms with Crippen LogP contribution >= 0.6 is 0 Å². The van der Waals surface area contributed by atoms with Crippen molar-refractivity contribution in [2.45, 2.75) is 12.8 Å². The molecule has 0 aliphatic rings. The Morgan fingerprint density at radius 2 is 2.18 bits per heavy atom. The number of hydrogen-bond acceptors (Lipinski definition) is 6. The summed E-state index contributed by atoms with van der Waals surface area (Å²) >= 11 is 0. The Morgan fingerprint density at radius 1 is 1.24 bits per heavy atom. The molecule has 0 spiro atoms. The maximum absolute atomic E-state index is 5.39. The Hall–Kier alpha value is -1.95. The summed E-state index contributed by atoms with van der Waals surface area (Å²) in [6.07, 6.45) is 3.20. The molecule has 2 aromatic rings. The van der Waals surface area contributed by atoms with Crippen LogP contribution in [0, 0.1) is 0 Å². The topological polar surface area (TPSA) is 89.9 Å². The molecule has 2 heterocycles. The molecule has 3 N–H and O–H groups in total. The number of nitrogens with two attached hydrogens (primary N) is 1. The molecular formula is C11H15N5O. The van der Waals surface area contributed by atoms with Crippen LogP contribution in [0.25, 0.3) is 0 Å². The van der Waals surface area contributed by atoms with E-state index in [1.807, 2.05) is 18.2 Å². The largest absolute Gasteiger partial charge is 0.408 e.